The fraction of sp³-hybridized carbons (Fsp3) is 0.900. The number of hydrogen-bond acceptors (Lipinski definition) is 3. The normalized spacial score (nSPS) is 26.1. The summed E-state index contributed by atoms with van der Waals surface area (Å²) in [6.07, 6.45) is 6.60. The molecule has 0 radical (unpaired) electrons. The lowest BCUT2D eigenvalue weighted by Crippen LogP contribution is -2.48. The van der Waals surface area contributed by atoms with Crippen LogP contribution in [0.4, 0.5) is 0 Å². The highest BCUT2D eigenvalue weighted by Crippen LogP contribution is 2.30. The number of aliphatic hydroxyl groups is 1. The van der Waals surface area contributed by atoms with Crippen molar-refractivity contribution in [3.05, 3.63) is 0 Å². The summed E-state index contributed by atoms with van der Waals surface area (Å²) in [7, 11) is 0. The first-order valence-corrected chi connectivity index (χ1v) is 5.28. The molecule has 1 aliphatic heterocycles. The quantitative estimate of drug-likeness (QED) is 0.671. The van der Waals surface area contributed by atoms with Crippen LogP contribution >= 0.6 is 0 Å². The Hall–Kier alpha value is -0.570. The Morgan fingerprint density at radius 2 is 2.15 bits per heavy atom. The minimum absolute atomic E-state index is 0.417. The first-order valence-electron chi connectivity index (χ1n) is 5.28. The van der Waals surface area contributed by atoms with Crippen molar-refractivity contribution < 1.29 is 5.11 Å². The molecule has 0 aromatic heterocycles. The van der Waals surface area contributed by atoms with Crippen molar-refractivity contribution in [2.75, 3.05) is 13.1 Å². The van der Waals surface area contributed by atoms with Gasteiger partial charge in [0.2, 0.25) is 0 Å². The van der Waals surface area contributed by atoms with E-state index in [1.54, 1.807) is 0 Å². The summed E-state index contributed by atoms with van der Waals surface area (Å²) in [5, 5.41) is 13.1. The van der Waals surface area contributed by atoms with Crippen molar-refractivity contribution in [1.82, 2.24) is 5.32 Å². The Labute approximate surface area is 79.3 Å². The SMILES string of the molecule is OC1(CNC2=NCCCC2)CCC1. The highest BCUT2D eigenvalue weighted by Gasteiger charge is 2.34. The zero-order chi connectivity index (χ0) is 9.15. The van der Waals surface area contributed by atoms with Gasteiger partial charge in [-0.1, -0.05) is 0 Å². The van der Waals surface area contributed by atoms with Crippen molar-refractivity contribution in [2.45, 2.75) is 44.1 Å². The molecular weight excluding hydrogens is 164 g/mol. The Bertz CT molecular complexity index is 209. The predicted molar refractivity (Wildman–Crippen MR) is 53.0 cm³/mol. The van der Waals surface area contributed by atoms with Gasteiger partial charge < -0.3 is 10.4 Å². The molecule has 13 heavy (non-hydrogen) atoms. The largest absolute Gasteiger partial charge is 0.388 e. The van der Waals surface area contributed by atoms with Crippen LogP contribution in [-0.2, 0) is 0 Å². The van der Waals surface area contributed by atoms with E-state index in [4.69, 9.17) is 0 Å². The average molecular weight is 182 g/mol. The maximum Gasteiger partial charge on any atom is 0.0964 e. The lowest BCUT2D eigenvalue weighted by Gasteiger charge is -2.37. The van der Waals surface area contributed by atoms with E-state index in [1.807, 2.05) is 0 Å². The molecule has 0 spiro atoms. The van der Waals surface area contributed by atoms with Crippen LogP contribution in [0, 0.1) is 0 Å². The lowest BCUT2D eigenvalue weighted by atomic mass is 9.80. The van der Waals surface area contributed by atoms with Gasteiger partial charge in [-0.2, -0.15) is 0 Å². The second-order valence-corrected chi connectivity index (χ2v) is 4.22. The summed E-state index contributed by atoms with van der Waals surface area (Å²) in [6.45, 7) is 1.66. The van der Waals surface area contributed by atoms with Crippen molar-refractivity contribution in [3.8, 4) is 0 Å². The smallest absolute Gasteiger partial charge is 0.0964 e. The van der Waals surface area contributed by atoms with E-state index in [-0.39, 0.29) is 0 Å². The molecule has 3 heteroatoms. The number of amidine groups is 1. The molecular formula is C10H18N2O. The number of nitrogens with zero attached hydrogens (tertiary/aromatic N) is 1. The van der Waals surface area contributed by atoms with Gasteiger partial charge in [0.1, 0.15) is 0 Å². The molecule has 0 atom stereocenters. The molecule has 74 valence electrons. The summed E-state index contributed by atoms with van der Waals surface area (Å²) < 4.78 is 0. The molecule has 0 unspecified atom stereocenters. The van der Waals surface area contributed by atoms with Crippen LogP contribution in [0.15, 0.2) is 4.99 Å². The lowest BCUT2D eigenvalue weighted by molar-refractivity contribution is -0.0278. The summed E-state index contributed by atoms with van der Waals surface area (Å²) >= 11 is 0. The zero-order valence-corrected chi connectivity index (χ0v) is 8.05. The minimum Gasteiger partial charge on any atom is -0.388 e. The fourth-order valence-electron chi connectivity index (χ4n) is 1.87. The third-order valence-corrected chi connectivity index (χ3v) is 3.03. The second-order valence-electron chi connectivity index (χ2n) is 4.22. The monoisotopic (exact) mass is 182 g/mol. The van der Waals surface area contributed by atoms with Gasteiger partial charge in [0.25, 0.3) is 0 Å². The summed E-state index contributed by atoms with van der Waals surface area (Å²) in [5.74, 6) is 1.10. The Kier molecular flexibility index (Phi) is 2.54. The highest BCUT2D eigenvalue weighted by molar-refractivity contribution is 5.82. The molecule has 0 saturated heterocycles. The predicted octanol–water partition coefficient (Wildman–Crippen LogP) is 1.07. The van der Waals surface area contributed by atoms with E-state index in [0.29, 0.717) is 6.54 Å². The Balaban J connectivity index is 1.75. The molecule has 3 nitrogen and oxygen atoms in total. The van der Waals surface area contributed by atoms with Crippen LogP contribution in [0.2, 0.25) is 0 Å². The molecule has 1 aliphatic carbocycles. The third kappa shape index (κ3) is 2.21. The highest BCUT2D eigenvalue weighted by atomic mass is 16.3. The van der Waals surface area contributed by atoms with Crippen molar-refractivity contribution in [1.29, 1.82) is 0 Å². The van der Waals surface area contributed by atoms with Gasteiger partial charge in [-0.15, -0.1) is 0 Å². The van der Waals surface area contributed by atoms with E-state index in [0.717, 1.165) is 31.6 Å². The molecule has 2 rings (SSSR count). The van der Waals surface area contributed by atoms with Crippen molar-refractivity contribution in [2.24, 2.45) is 4.99 Å². The number of nitrogens with one attached hydrogen (secondary N) is 1. The van der Waals surface area contributed by atoms with Gasteiger partial charge >= 0.3 is 0 Å². The summed E-state index contributed by atoms with van der Waals surface area (Å²) in [5.41, 5.74) is -0.417. The van der Waals surface area contributed by atoms with E-state index in [1.165, 1.54) is 19.3 Å². The van der Waals surface area contributed by atoms with E-state index < -0.39 is 5.60 Å². The van der Waals surface area contributed by atoms with Crippen LogP contribution < -0.4 is 5.32 Å². The molecule has 1 fully saturated rings. The molecule has 2 aliphatic rings. The second kappa shape index (κ2) is 3.66. The van der Waals surface area contributed by atoms with Crippen LogP contribution in [0.5, 0.6) is 0 Å². The Morgan fingerprint density at radius 1 is 1.31 bits per heavy atom. The van der Waals surface area contributed by atoms with Gasteiger partial charge in [-0.25, -0.2) is 0 Å². The molecule has 0 amide bonds. The van der Waals surface area contributed by atoms with E-state index in [9.17, 15) is 5.11 Å². The van der Waals surface area contributed by atoms with Crippen LogP contribution in [0.1, 0.15) is 38.5 Å². The van der Waals surface area contributed by atoms with E-state index in [2.05, 4.69) is 10.3 Å². The standard InChI is InChI=1S/C10H18N2O/c13-10(5-3-6-10)8-12-9-4-1-2-7-11-9/h13H,1-8H2,(H,11,12). The van der Waals surface area contributed by atoms with Crippen LogP contribution in [-0.4, -0.2) is 29.6 Å². The van der Waals surface area contributed by atoms with E-state index >= 15 is 0 Å². The number of rotatable bonds is 2. The molecule has 0 aromatic carbocycles. The summed E-state index contributed by atoms with van der Waals surface area (Å²) in [6, 6.07) is 0. The average Bonchev–Trinajstić information content (AvgIpc) is 2.13. The first kappa shape index (κ1) is 9.00. The summed E-state index contributed by atoms with van der Waals surface area (Å²) in [4.78, 5) is 4.39. The molecule has 0 bridgehead atoms. The fourth-order valence-corrected chi connectivity index (χ4v) is 1.87. The van der Waals surface area contributed by atoms with Crippen molar-refractivity contribution >= 4 is 5.84 Å². The van der Waals surface area contributed by atoms with Gasteiger partial charge in [0, 0.05) is 19.5 Å². The molecule has 1 heterocycles. The maximum absolute atomic E-state index is 9.82. The molecule has 1 saturated carbocycles. The van der Waals surface area contributed by atoms with Crippen LogP contribution in [0.25, 0.3) is 0 Å². The van der Waals surface area contributed by atoms with Crippen molar-refractivity contribution in [3.63, 3.8) is 0 Å². The van der Waals surface area contributed by atoms with Gasteiger partial charge in [-0.3, -0.25) is 4.99 Å². The first-order chi connectivity index (χ1) is 6.29. The topological polar surface area (TPSA) is 44.6 Å². The maximum atomic E-state index is 9.82. The minimum atomic E-state index is -0.417. The van der Waals surface area contributed by atoms with Crippen LogP contribution in [0.3, 0.4) is 0 Å². The van der Waals surface area contributed by atoms with Gasteiger partial charge in [0.05, 0.1) is 11.4 Å². The Morgan fingerprint density at radius 3 is 2.69 bits per heavy atom. The van der Waals surface area contributed by atoms with Gasteiger partial charge in [-0.05, 0) is 32.1 Å². The number of aliphatic imine (C=N–C) groups is 1. The van der Waals surface area contributed by atoms with Gasteiger partial charge in [0.15, 0.2) is 0 Å². The number of hydrogen-bond donors (Lipinski definition) is 2. The molecule has 2 N–H and O–H groups in total. The molecule has 0 aromatic rings. The zero-order valence-electron chi connectivity index (χ0n) is 8.05. The third-order valence-electron chi connectivity index (χ3n) is 3.03.